The first-order chi connectivity index (χ1) is 8.22. The molecule has 0 aromatic carbocycles. The molecule has 0 unspecified atom stereocenters. The lowest BCUT2D eigenvalue weighted by Crippen LogP contribution is -2.14. The molecule has 3 rings (SSSR count). The van der Waals surface area contributed by atoms with Crippen LogP contribution in [0, 0.1) is 5.92 Å². The Morgan fingerprint density at radius 3 is 3.00 bits per heavy atom. The van der Waals surface area contributed by atoms with Crippen LogP contribution in [0.3, 0.4) is 0 Å². The summed E-state index contributed by atoms with van der Waals surface area (Å²) in [7, 11) is 0. The largest absolute Gasteiger partial charge is 0.478 e. The highest BCUT2D eigenvalue weighted by Crippen LogP contribution is 2.29. The first-order valence-corrected chi connectivity index (χ1v) is 5.80. The zero-order chi connectivity index (χ0) is 11.8. The summed E-state index contributed by atoms with van der Waals surface area (Å²) in [6, 6.07) is 1.59. The fourth-order valence-corrected chi connectivity index (χ4v) is 2.13. The van der Waals surface area contributed by atoms with Crippen molar-refractivity contribution in [1.82, 2.24) is 15.0 Å². The van der Waals surface area contributed by atoms with Crippen LogP contribution < -0.4 is 0 Å². The normalized spacial score (nSPS) is 16.0. The third-order valence-electron chi connectivity index (χ3n) is 3.34. The average molecular weight is 231 g/mol. The molecule has 1 fully saturated rings. The van der Waals surface area contributed by atoms with Crippen LogP contribution >= 0.6 is 0 Å². The minimum atomic E-state index is -0.963. The standard InChI is InChI=1S/C12H13N3O2/c16-12(17)8-5-9-11(13-6-8)15-10(14-9)4-7-2-1-3-7/h5-7H,1-4H2,(H,16,17)(H,13,14,15). The number of carboxylic acid groups (broad SMARTS) is 1. The number of rotatable bonds is 3. The highest BCUT2D eigenvalue weighted by atomic mass is 16.4. The summed E-state index contributed by atoms with van der Waals surface area (Å²) in [6.45, 7) is 0. The Morgan fingerprint density at radius 1 is 1.53 bits per heavy atom. The molecule has 0 atom stereocenters. The molecule has 0 bridgehead atoms. The molecule has 5 nitrogen and oxygen atoms in total. The molecule has 5 heteroatoms. The number of nitrogens with one attached hydrogen (secondary N) is 1. The van der Waals surface area contributed by atoms with E-state index in [1.807, 2.05) is 0 Å². The molecule has 1 saturated carbocycles. The van der Waals surface area contributed by atoms with Crippen LogP contribution in [0.2, 0.25) is 0 Å². The molecular formula is C12H13N3O2. The van der Waals surface area contributed by atoms with E-state index in [4.69, 9.17) is 5.11 Å². The van der Waals surface area contributed by atoms with Crippen LogP contribution in [0.4, 0.5) is 0 Å². The molecule has 2 N–H and O–H groups in total. The maximum Gasteiger partial charge on any atom is 0.337 e. The van der Waals surface area contributed by atoms with Crippen LogP contribution in [0.1, 0.15) is 35.4 Å². The van der Waals surface area contributed by atoms with Crippen LogP contribution in [0.25, 0.3) is 11.2 Å². The minimum Gasteiger partial charge on any atom is -0.478 e. The van der Waals surface area contributed by atoms with E-state index >= 15 is 0 Å². The Kier molecular flexibility index (Phi) is 2.31. The maximum atomic E-state index is 10.8. The van der Waals surface area contributed by atoms with Gasteiger partial charge in [-0.3, -0.25) is 0 Å². The molecule has 0 radical (unpaired) electrons. The van der Waals surface area contributed by atoms with Gasteiger partial charge in [0.1, 0.15) is 5.82 Å². The van der Waals surface area contributed by atoms with Crippen molar-refractivity contribution in [2.45, 2.75) is 25.7 Å². The Bertz CT molecular complexity index is 572. The summed E-state index contributed by atoms with van der Waals surface area (Å²) in [6.07, 6.45) is 6.14. The number of pyridine rings is 1. The monoisotopic (exact) mass is 231 g/mol. The first kappa shape index (κ1) is 10.3. The Labute approximate surface area is 97.9 Å². The number of aromatic nitrogens is 3. The van der Waals surface area contributed by atoms with Gasteiger partial charge < -0.3 is 10.1 Å². The van der Waals surface area contributed by atoms with Gasteiger partial charge in [0.05, 0.1) is 11.1 Å². The van der Waals surface area contributed by atoms with E-state index in [9.17, 15) is 4.79 Å². The lowest BCUT2D eigenvalue weighted by Gasteiger charge is -2.23. The van der Waals surface area contributed by atoms with E-state index in [1.165, 1.54) is 25.5 Å². The van der Waals surface area contributed by atoms with E-state index in [2.05, 4.69) is 15.0 Å². The van der Waals surface area contributed by atoms with E-state index in [-0.39, 0.29) is 5.56 Å². The second-order valence-corrected chi connectivity index (χ2v) is 4.58. The molecule has 0 amide bonds. The minimum absolute atomic E-state index is 0.191. The van der Waals surface area contributed by atoms with Crippen molar-refractivity contribution in [2.75, 3.05) is 0 Å². The van der Waals surface area contributed by atoms with Gasteiger partial charge in [-0.2, -0.15) is 0 Å². The highest BCUT2D eigenvalue weighted by molar-refractivity contribution is 5.90. The van der Waals surface area contributed by atoms with Gasteiger partial charge >= 0.3 is 5.97 Å². The van der Waals surface area contributed by atoms with Crippen molar-refractivity contribution in [3.63, 3.8) is 0 Å². The summed E-state index contributed by atoms with van der Waals surface area (Å²) in [5, 5.41) is 8.87. The van der Waals surface area contributed by atoms with E-state index < -0.39 is 5.97 Å². The van der Waals surface area contributed by atoms with Gasteiger partial charge in [0.25, 0.3) is 0 Å². The molecule has 0 spiro atoms. The third kappa shape index (κ3) is 1.88. The summed E-state index contributed by atoms with van der Waals surface area (Å²) in [4.78, 5) is 22.4. The van der Waals surface area contributed by atoms with Gasteiger partial charge in [0.15, 0.2) is 5.65 Å². The number of carboxylic acids is 1. The number of carbonyl (C=O) groups is 1. The molecule has 1 aliphatic carbocycles. The van der Waals surface area contributed by atoms with Crippen LogP contribution in [0.5, 0.6) is 0 Å². The zero-order valence-electron chi connectivity index (χ0n) is 9.31. The fourth-order valence-electron chi connectivity index (χ4n) is 2.13. The number of aromatic carboxylic acids is 1. The molecule has 0 aliphatic heterocycles. The number of hydrogen-bond donors (Lipinski definition) is 2. The van der Waals surface area contributed by atoms with Crippen molar-refractivity contribution in [2.24, 2.45) is 5.92 Å². The van der Waals surface area contributed by atoms with Gasteiger partial charge in [0.2, 0.25) is 0 Å². The zero-order valence-corrected chi connectivity index (χ0v) is 9.31. The number of fused-ring (bicyclic) bond motifs is 1. The van der Waals surface area contributed by atoms with Crippen LogP contribution in [-0.2, 0) is 6.42 Å². The first-order valence-electron chi connectivity index (χ1n) is 5.80. The van der Waals surface area contributed by atoms with Crippen LogP contribution in [0.15, 0.2) is 12.3 Å². The highest BCUT2D eigenvalue weighted by Gasteiger charge is 2.19. The van der Waals surface area contributed by atoms with E-state index in [0.29, 0.717) is 11.2 Å². The van der Waals surface area contributed by atoms with Gasteiger partial charge in [-0.05, 0) is 12.0 Å². The van der Waals surface area contributed by atoms with Crippen molar-refractivity contribution < 1.29 is 9.90 Å². The second kappa shape index (κ2) is 3.84. The number of aromatic amines is 1. The fraction of sp³-hybridized carbons (Fsp3) is 0.417. The van der Waals surface area contributed by atoms with Crippen LogP contribution in [-0.4, -0.2) is 26.0 Å². The maximum absolute atomic E-state index is 10.8. The number of imidazole rings is 1. The Hall–Kier alpha value is -1.91. The predicted octanol–water partition coefficient (Wildman–Crippen LogP) is 2.00. The molecule has 1 aliphatic rings. The molecule has 17 heavy (non-hydrogen) atoms. The van der Waals surface area contributed by atoms with Crippen molar-refractivity contribution in [3.05, 3.63) is 23.7 Å². The predicted molar refractivity (Wildman–Crippen MR) is 61.9 cm³/mol. The van der Waals surface area contributed by atoms with Crippen molar-refractivity contribution >= 4 is 17.1 Å². The van der Waals surface area contributed by atoms with E-state index in [0.717, 1.165) is 18.2 Å². The number of nitrogens with zero attached hydrogens (tertiary/aromatic N) is 2. The summed E-state index contributed by atoms with van der Waals surface area (Å²) in [5.41, 5.74) is 1.50. The Balaban J connectivity index is 1.91. The molecular weight excluding hydrogens is 218 g/mol. The summed E-state index contributed by atoms with van der Waals surface area (Å²) >= 11 is 0. The molecule has 2 aromatic heterocycles. The summed E-state index contributed by atoms with van der Waals surface area (Å²) in [5.74, 6) is 0.684. The topological polar surface area (TPSA) is 78.9 Å². The van der Waals surface area contributed by atoms with Gasteiger partial charge in [-0.15, -0.1) is 0 Å². The molecule has 0 saturated heterocycles. The quantitative estimate of drug-likeness (QED) is 0.846. The molecule has 2 aromatic rings. The summed E-state index contributed by atoms with van der Waals surface area (Å²) < 4.78 is 0. The smallest absolute Gasteiger partial charge is 0.337 e. The van der Waals surface area contributed by atoms with Crippen molar-refractivity contribution in [3.8, 4) is 0 Å². The number of hydrogen-bond acceptors (Lipinski definition) is 3. The van der Waals surface area contributed by atoms with Gasteiger partial charge in [0, 0.05) is 12.6 Å². The van der Waals surface area contributed by atoms with Crippen molar-refractivity contribution in [1.29, 1.82) is 0 Å². The second-order valence-electron chi connectivity index (χ2n) is 4.58. The van der Waals surface area contributed by atoms with Gasteiger partial charge in [-0.1, -0.05) is 19.3 Å². The SMILES string of the molecule is O=C(O)c1cnc2nc(CC3CCC3)[nH]c2c1. The average Bonchev–Trinajstić information content (AvgIpc) is 2.64. The lowest BCUT2D eigenvalue weighted by atomic mass is 9.83. The third-order valence-corrected chi connectivity index (χ3v) is 3.34. The van der Waals surface area contributed by atoms with E-state index in [1.54, 1.807) is 6.07 Å². The number of H-pyrrole nitrogens is 1. The molecule has 2 heterocycles. The lowest BCUT2D eigenvalue weighted by molar-refractivity contribution is 0.0696. The molecule has 88 valence electrons. The Morgan fingerprint density at radius 2 is 2.35 bits per heavy atom. The van der Waals surface area contributed by atoms with Gasteiger partial charge in [-0.25, -0.2) is 14.8 Å².